The molecule has 2 aromatic heterocycles. The van der Waals surface area contributed by atoms with Crippen molar-refractivity contribution in [1.82, 2.24) is 14.8 Å². The van der Waals surface area contributed by atoms with E-state index in [9.17, 15) is 0 Å². The first-order chi connectivity index (χ1) is 11.2. The average molecular weight is 367 g/mol. The zero-order valence-corrected chi connectivity index (χ0v) is 16.9. The molecule has 0 bridgehead atoms. The van der Waals surface area contributed by atoms with Crippen LogP contribution < -0.4 is 5.32 Å². The van der Waals surface area contributed by atoms with E-state index in [2.05, 4.69) is 55.5 Å². The van der Waals surface area contributed by atoms with Crippen LogP contribution in [0.1, 0.15) is 19.4 Å². The highest BCUT2D eigenvalue weighted by Crippen LogP contribution is 2.28. The summed E-state index contributed by atoms with van der Waals surface area (Å²) in [5.74, 6) is 0.722. The second-order valence-electron chi connectivity index (χ2n) is 7.43. The third-order valence-electron chi connectivity index (χ3n) is 3.55. The van der Waals surface area contributed by atoms with Gasteiger partial charge in [-0.15, -0.1) is 0 Å². The molecule has 0 aliphatic carbocycles. The van der Waals surface area contributed by atoms with Crippen molar-refractivity contribution in [2.75, 3.05) is 11.9 Å². The first kappa shape index (κ1) is 19.0. The normalized spacial score (nSPS) is 12.1. The number of halogens is 1. The van der Waals surface area contributed by atoms with Gasteiger partial charge in [0.05, 0.1) is 5.52 Å². The number of nitrogens with zero attached hydrogens (tertiary/aromatic N) is 3. The molecule has 5 nitrogen and oxygen atoms in total. The minimum atomic E-state index is -1.10. The van der Waals surface area contributed by atoms with Gasteiger partial charge in [-0.25, -0.2) is 9.67 Å². The molecule has 0 unspecified atom stereocenters. The molecule has 0 saturated carbocycles. The second-order valence-corrected chi connectivity index (χ2v) is 13.4. The van der Waals surface area contributed by atoms with Gasteiger partial charge in [0.2, 0.25) is 0 Å². The van der Waals surface area contributed by atoms with Crippen LogP contribution in [0.25, 0.3) is 17.1 Å². The minimum absolute atomic E-state index is 0.248. The molecule has 0 amide bonds. The summed E-state index contributed by atoms with van der Waals surface area (Å²) in [6.45, 7) is 16.2. The predicted octanol–water partition coefficient (Wildman–Crippen LogP) is 4.86. The summed E-state index contributed by atoms with van der Waals surface area (Å²) in [6.07, 6.45) is 1.77. The average Bonchev–Trinajstić information content (AvgIpc) is 2.79. The van der Waals surface area contributed by atoms with Gasteiger partial charge in [-0.1, -0.05) is 43.9 Å². The van der Waals surface area contributed by atoms with Crippen LogP contribution in [-0.2, 0) is 11.5 Å². The number of hydrogen-bond acceptors (Lipinski definition) is 4. The van der Waals surface area contributed by atoms with Gasteiger partial charge in [0, 0.05) is 26.3 Å². The summed E-state index contributed by atoms with van der Waals surface area (Å²) in [7, 11) is -1.10. The van der Waals surface area contributed by atoms with Crippen molar-refractivity contribution in [3.63, 3.8) is 0 Å². The summed E-state index contributed by atoms with van der Waals surface area (Å²) in [4.78, 5) is 4.45. The molecular formula is C17H27ClN4OSi. The number of aromatic nitrogens is 3. The van der Waals surface area contributed by atoms with E-state index in [1.165, 1.54) is 0 Å². The number of rotatable bonds is 8. The Morgan fingerprint density at radius 1 is 1.42 bits per heavy atom. The molecule has 0 atom stereocenters. The SMILES string of the molecule is C=Cc1cc(Cl)nc2c(NC(C)C)nn(COCC[Si](C)(C)C)c12. The van der Waals surface area contributed by atoms with Crippen LogP contribution in [-0.4, -0.2) is 35.5 Å². The second kappa shape index (κ2) is 7.67. The molecule has 2 heterocycles. The van der Waals surface area contributed by atoms with Crippen LogP contribution in [0.3, 0.4) is 0 Å². The van der Waals surface area contributed by atoms with Crippen molar-refractivity contribution in [3.8, 4) is 0 Å². The molecule has 7 heteroatoms. The number of pyridine rings is 1. The Morgan fingerprint density at radius 2 is 2.12 bits per heavy atom. The molecule has 0 aliphatic heterocycles. The monoisotopic (exact) mass is 366 g/mol. The number of hydrogen-bond donors (Lipinski definition) is 1. The summed E-state index contributed by atoms with van der Waals surface area (Å²) >= 11 is 6.15. The Balaban J connectivity index is 2.32. The van der Waals surface area contributed by atoms with Crippen molar-refractivity contribution in [3.05, 3.63) is 23.4 Å². The maximum absolute atomic E-state index is 6.15. The van der Waals surface area contributed by atoms with E-state index in [0.717, 1.165) is 35.1 Å². The van der Waals surface area contributed by atoms with Crippen molar-refractivity contribution in [2.24, 2.45) is 0 Å². The maximum Gasteiger partial charge on any atom is 0.175 e. The molecule has 0 radical (unpaired) electrons. The van der Waals surface area contributed by atoms with E-state index in [4.69, 9.17) is 16.3 Å². The van der Waals surface area contributed by atoms with Crippen LogP contribution in [0.15, 0.2) is 12.6 Å². The summed E-state index contributed by atoms with van der Waals surface area (Å²) in [5.41, 5.74) is 2.55. The Hall–Kier alpha value is -1.37. The van der Waals surface area contributed by atoms with Crippen molar-refractivity contribution < 1.29 is 4.74 Å². The first-order valence-corrected chi connectivity index (χ1v) is 12.3. The maximum atomic E-state index is 6.15. The van der Waals surface area contributed by atoms with E-state index in [0.29, 0.717) is 11.9 Å². The fourth-order valence-electron chi connectivity index (χ4n) is 2.33. The quantitative estimate of drug-likeness (QED) is 0.411. The van der Waals surface area contributed by atoms with Crippen LogP contribution in [0.2, 0.25) is 30.8 Å². The number of fused-ring (bicyclic) bond motifs is 1. The lowest BCUT2D eigenvalue weighted by molar-refractivity contribution is 0.0818. The van der Waals surface area contributed by atoms with Gasteiger partial charge in [-0.05, 0) is 26.0 Å². The first-order valence-electron chi connectivity index (χ1n) is 8.25. The highest BCUT2D eigenvalue weighted by molar-refractivity contribution is 6.76. The van der Waals surface area contributed by atoms with E-state index >= 15 is 0 Å². The lowest BCUT2D eigenvalue weighted by Gasteiger charge is -2.15. The van der Waals surface area contributed by atoms with Crippen LogP contribution >= 0.6 is 11.6 Å². The molecule has 2 rings (SSSR count). The standard InChI is InChI=1S/C17H27ClN4OSi/c1-7-13-10-14(18)20-15-16(13)22(21-17(15)19-12(2)3)11-23-8-9-24(4,5)6/h7,10,12H,1,8-9,11H2,2-6H3,(H,19,21). The Kier molecular flexibility index (Phi) is 6.06. The highest BCUT2D eigenvalue weighted by atomic mass is 35.5. The molecular weight excluding hydrogens is 340 g/mol. The summed E-state index contributed by atoms with van der Waals surface area (Å²) in [6, 6.07) is 3.18. The van der Waals surface area contributed by atoms with Crippen LogP contribution in [0.5, 0.6) is 0 Å². The van der Waals surface area contributed by atoms with E-state index < -0.39 is 8.07 Å². The number of ether oxygens (including phenoxy) is 1. The predicted molar refractivity (Wildman–Crippen MR) is 105 cm³/mol. The van der Waals surface area contributed by atoms with Gasteiger partial charge in [-0.3, -0.25) is 0 Å². The van der Waals surface area contributed by atoms with Gasteiger partial charge in [-0.2, -0.15) is 5.10 Å². The van der Waals surface area contributed by atoms with Gasteiger partial charge < -0.3 is 10.1 Å². The molecule has 0 aromatic carbocycles. The lowest BCUT2D eigenvalue weighted by atomic mass is 10.2. The van der Waals surface area contributed by atoms with Crippen molar-refractivity contribution in [2.45, 2.75) is 52.3 Å². The molecule has 0 fully saturated rings. The molecule has 0 aliphatic rings. The van der Waals surface area contributed by atoms with Gasteiger partial charge >= 0.3 is 0 Å². The topological polar surface area (TPSA) is 52.0 Å². The molecule has 132 valence electrons. The molecule has 1 N–H and O–H groups in total. The van der Waals surface area contributed by atoms with Crippen LogP contribution in [0, 0.1) is 0 Å². The smallest absolute Gasteiger partial charge is 0.175 e. The summed E-state index contributed by atoms with van der Waals surface area (Å²) in [5, 5.41) is 8.40. The Labute approximate surface area is 150 Å². The number of anilines is 1. The molecule has 0 spiro atoms. The largest absolute Gasteiger partial charge is 0.365 e. The zero-order valence-electron chi connectivity index (χ0n) is 15.2. The minimum Gasteiger partial charge on any atom is -0.365 e. The van der Waals surface area contributed by atoms with Crippen LogP contribution in [0.4, 0.5) is 5.82 Å². The van der Waals surface area contributed by atoms with Crippen molar-refractivity contribution in [1.29, 1.82) is 0 Å². The highest BCUT2D eigenvalue weighted by Gasteiger charge is 2.17. The molecule has 0 saturated heterocycles. The zero-order chi connectivity index (χ0) is 17.9. The Bertz CT molecular complexity index is 721. The molecule has 24 heavy (non-hydrogen) atoms. The van der Waals surface area contributed by atoms with E-state index in [1.54, 1.807) is 12.1 Å². The van der Waals surface area contributed by atoms with E-state index in [-0.39, 0.29) is 6.04 Å². The third kappa shape index (κ3) is 4.81. The number of nitrogens with one attached hydrogen (secondary N) is 1. The third-order valence-corrected chi connectivity index (χ3v) is 5.45. The molecule has 2 aromatic rings. The van der Waals surface area contributed by atoms with E-state index in [1.807, 2.05) is 4.68 Å². The van der Waals surface area contributed by atoms with Gasteiger partial charge in [0.1, 0.15) is 17.4 Å². The lowest BCUT2D eigenvalue weighted by Crippen LogP contribution is -2.22. The fraction of sp³-hybridized carbons (Fsp3) is 0.529. The fourth-order valence-corrected chi connectivity index (χ4v) is 3.29. The van der Waals surface area contributed by atoms with Gasteiger partial charge in [0.25, 0.3) is 0 Å². The van der Waals surface area contributed by atoms with Crippen molar-refractivity contribution >= 4 is 42.6 Å². The Morgan fingerprint density at radius 3 is 2.71 bits per heavy atom. The summed E-state index contributed by atoms with van der Waals surface area (Å²) < 4.78 is 7.70. The van der Waals surface area contributed by atoms with Gasteiger partial charge in [0.15, 0.2) is 5.82 Å².